The summed E-state index contributed by atoms with van der Waals surface area (Å²) in [4.78, 5) is 11.7. The average Bonchev–Trinajstić information content (AvgIpc) is 2.82. The average molecular weight is 279 g/mol. The minimum atomic E-state index is -0.433. The summed E-state index contributed by atoms with van der Waals surface area (Å²) in [6, 6.07) is 4.71. The van der Waals surface area contributed by atoms with Crippen LogP contribution in [-0.4, -0.2) is 28.5 Å². The van der Waals surface area contributed by atoms with Crippen molar-refractivity contribution in [3.63, 3.8) is 0 Å². The van der Waals surface area contributed by atoms with Crippen LogP contribution in [0.25, 0.3) is 0 Å². The van der Waals surface area contributed by atoms with Crippen molar-refractivity contribution in [3.8, 4) is 0 Å². The van der Waals surface area contributed by atoms with Crippen molar-refractivity contribution in [2.75, 3.05) is 5.43 Å². The monoisotopic (exact) mass is 279 g/mol. The molecule has 0 aliphatic heterocycles. The number of carbonyl (C=O) groups excluding carboxylic acids is 1. The van der Waals surface area contributed by atoms with Gasteiger partial charge in [-0.05, 0) is 58.6 Å². The second-order valence-electron chi connectivity index (χ2n) is 6.41. The zero-order valence-corrected chi connectivity index (χ0v) is 12.6. The molecule has 1 fully saturated rings. The first-order valence-electron chi connectivity index (χ1n) is 7.31. The number of hydrogen-bond acceptors (Lipinski definition) is 3. The molecule has 5 nitrogen and oxygen atoms in total. The number of nitrogens with one attached hydrogen (secondary N) is 2. The lowest BCUT2D eigenvalue weighted by Crippen LogP contribution is -2.43. The molecule has 20 heavy (non-hydrogen) atoms. The highest BCUT2D eigenvalue weighted by Crippen LogP contribution is 2.20. The van der Waals surface area contributed by atoms with Crippen LogP contribution in [0.3, 0.4) is 0 Å². The third kappa shape index (κ3) is 4.79. The lowest BCUT2D eigenvalue weighted by atomic mass is 9.92. The summed E-state index contributed by atoms with van der Waals surface area (Å²) in [6.07, 6.45) is 7.78. The van der Waals surface area contributed by atoms with Gasteiger partial charge in [0.05, 0.1) is 0 Å². The number of carbonyl (C=O) groups is 1. The molecular formula is C15H25N3O2. The van der Waals surface area contributed by atoms with Gasteiger partial charge in [-0.2, -0.15) is 0 Å². The highest BCUT2D eigenvalue weighted by Gasteiger charge is 2.24. The Balaban J connectivity index is 1.70. The molecule has 1 heterocycles. The van der Waals surface area contributed by atoms with Crippen LogP contribution in [0.2, 0.25) is 0 Å². The zero-order chi connectivity index (χ0) is 14.6. The van der Waals surface area contributed by atoms with Gasteiger partial charge in [0, 0.05) is 24.5 Å². The lowest BCUT2D eigenvalue weighted by molar-refractivity contribution is 0.0491. The Hall–Kier alpha value is -1.65. The number of hydrogen-bond donors (Lipinski definition) is 2. The predicted molar refractivity (Wildman–Crippen MR) is 79.2 cm³/mol. The van der Waals surface area contributed by atoms with Gasteiger partial charge in [0.15, 0.2) is 0 Å². The Kier molecular flexibility index (Phi) is 4.57. The summed E-state index contributed by atoms with van der Waals surface area (Å²) < 4.78 is 7.28. The molecule has 1 amide bonds. The van der Waals surface area contributed by atoms with Crippen LogP contribution in [0.4, 0.5) is 4.79 Å². The Morgan fingerprint density at radius 3 is 2.20 bits per heavy atom. The number of aromatic nitrogens is 1. The first-order chi connectivity index (χ1) is 9.42. The van der Waals surface area contributed by atoms with E-state index in [9.17, 15) is 4.79 Å². The van der Waals surface area contributed by atoms with Gasteiger partial charge < -0.3 is 15.5 Å². The maximum absolute atomic E-state index is 11.7. The molecular weight excluding hydrogens is 254 g/mol. The molecule has 5 heteroatoms. The Morgan fingerprint density at radius 1 is 1.10 bits per heavy atom. The van der Waals surface area contributed by atoms with Crippen molar-refractivity contribution in [1.82, 2.24) is 9.99 Å². The summed E-state index contributed by atoms with van der Waals surface area (Å²) in [7, 11) is 0. The Labute approximate surface area is 120 Å². The largest absolute Gasteiger partial charge is 0.444 e. The van der Waals surface area contributed by atoms with E-state index < -0.39 is 5.60 Å². The second-order valence-corrected chi connectivity index (χ2v) is 6.41. The van der Waals surface area contributed by atoms with Gasteiger partial charge >= 0.3 is 6.09 Å². The minimum Gasteiger partial charge on any atom is -0.444 e. The molecule has 0 bridgehead atoms. The van der Waals surface area contributed by atoms with E-state index in [4.69, 9.17) is 4.74 Å². The van der Waals surface area contributed by atoms with Crippen molar-refractivity contribution < 1.29 is 9.53 Å². The maximum Gasteiger partial charge on any atom is 0.407 e. The second kappa shape index (κ2) is 6.20. The molecule has 0 unspecified atom stereocenters. The van der Waals surface area contributed by atoms with Crippen molar-refractivity contribution >= 4 is 6.09 Å². The summed E-state index contributed by atoms with van der Waals surface area (Å²) in [6.45, 7) is 5.64. The van der Waals surface area contributed by atoms with Crippen LogP contribution in [0.5, 0.6) is 0 Å². The quantitative estimate of drug-likeness (QED) is 0.894. The highest BCUT2D eigenvalue weighted by atomic mass is 16.6. The molecule has 1 aliphatic rings. The van der Waals surface area contributed by atoms with Crippen molar-refractivity contribution in [2.24, 2.45) is 0 Å². The molecule has 1 aliphatic carbocycles. The highest BCUT2D eigenvalue weighted by molar-refractivity contribution is 5.68. The first-order valence-corrected chi connectivity index (χ1v) is 7.31. The van der Waals surface area contributed by atoms with E-state index >= 15 is 0 Å². The van der Waals surface area contributed by atoms with Gasteiger partial charge in [0.25, 0.3) is 0 Å². The predicted octanol–water partition coefficient (Wildman–Crippen LogP) is 2.87. The Bertz CT molecular complexity index is 415. The number of ether oxygens (including phenoxy) is 1. The van der Waals surface area contributed by atoms with Gasteiger partial charge in [0.2, 0.25) is 0 Å². The SMILES string of the molecule is CC(C)(C)OC(=O)NC1CCC(Nn2cccc2)CC1. The van der Waals surface area contributed by atoms with Crippen LogP contribution >= 0.6 is 0 Å². The van der Waals surface area contributed by atoms with E-state index in [-0.39, 0.29) is 12.1 Å². The van der Waals surface area contributed by atoms with Gasteiger partial charge in [-0.3, -0.25) is 4.68 Å². The van der Waals surface area contributed by atoms with Gasteiger partial charge in [-0.1, -0.05) is 0 Å². The van der Waals surface area contributed by atoms with Crippen LogP contribution in [0.15, 0.2) is 24.5 Å². The molecule has 0 spiro atoms. The van der Waals surface area contributed by atoms with Gasteiger partial charge in [0.1, 0.15) is 5.60 Å². The topological polar surface area (TPSA) is 55.3 Å². The van der Waals surface area contributed by atoms with Gasteiger partial charge in [-0.25, -0.2) is 4.79 Å². The molecule has 112 valence electrons. The molecule has 1 aromatic rings. The normalized spacial score (nSPS) is 23.1. The van der Waals surface area contributed by atoms with E-state index in [0.717, 1.165) is 25.7 Å². The third-order valence-electron chi connectivity index (χ3n) is 3.38. The molecule has 1 saturated carbocycles. The van der Waals surface area contributed by atoms with E-state index in [1.165, 1.54) is 0 Å². The van der Waals surface area contributed by atoms with E-state index in [0.29, 0.717) is 6.04 Å². The molecule has 1 aromatic heterocycles. The molecule has 0 atom stereocenters. The van der Waals surface area contributed by atoms with E-state index in [2.05, 4.69) is 10.7 Å². The molecule has 0 saturated heterocycles. The lowest BCUT2D eigenvalue weighted by Gasteiger charge is -2.31. The number of nitrogens with zero attached hydrogens (tertiary/aromatic N) is 1. The summed E-state index contributed by atoms with van der Waals surface area (Å²) in [5.74, 6) is 0. The van der Waals surface area contributed by atoms with Crippen LogP contribution in [0.1, 0.15) is 46.5 Å². The fourth-order valence-corrected chi connectivity index (χ4v) is 2.47. The zero-order valence-electron chi connectivity index (χ0n) is 12.6. The molecule has 0 aromatic carbocycles. The van der Waals surface area contributed by atoms with Crippen LogP contribution in [0, 0.1) is 0 Å². The summed E-state index contributed by atoms with van der Waals surface area (Å²) >= 11 is 0. The first kappa shape index (κ1) is 14.8. The Morgan fingerprint density at radius 2 is 1.65 bits per heavy atom. The van der Waals surface area contributed by atoms with Gasteiger partial charge in [-0.15, -0.1) is 0 Å². The number of amides is 1. The smallest absolute Gasteiger partial charge is 0.407 e. The fraction of sp³-hybridized carbons (Fsp3) is 0.667. The molecule has 2 rings (SSSR count). The van der Waals surface area contributed by atoms with Crippen LogP contribution < -0.4 is 10.7 Å². The summed E-state index contributed by atoms with van der Waals surface area (Å²) in [5.41, 5.74) is 3.01. The van der Waals surface area contributed by atoms with Crippen molar-refractivity contribution in [3.05, 3.63) is 24.5 Å². The van der Waals surface area contributed by atoms with E-state index in [1.807, 2.05) is 50.0 Å². The van der Waals surface area contributed by atoms with Crippen LogP contribution in [-0.2, 0) is 4.74 Å². The maximum atomic E-state index is 11.7. The molecule has 0 radical (unpaired) electrons. The number of rotatable bonds is 3. The minimum absolute atomic E-state index is 0.229. The number of alkyl carbamates (subject to hydrolysis) is 1. The van der Waals surface area contributed by atoms with E-state index in [1.54, 1.807) is 0 Å². The molecule has 2 N–H and O–H groups in total. The van der Waals surface area contributed by atoms with Crippen molar-refractivity contribution in [1.29, 1.82) is 0 Å². The summed E-state index contributed by atoms with van der Waals surface area (Å²) in [5, 5.41) is 2.96. The standard InChI is InChI=1S/C15H25N3O2/c1-15(2,3)20-14(19)16-12-6-8-13(9-7-12)17-18-10-4-5-11-18/h4-5,10-13,17H,6-9H2,1-3H3,(H,16,19). The van der Waals surface area contributed by atoms with Crippen molar-refractivity contribution in [2.45, 2.75) is 64.1 Å². The fourth-order valence-electron chi connectivity index (χ4n) is 2.47. The third-order valence-corrected chi connectivity index (χ3v) is 3.38.